The van der Waals surface area contributed by atoms with Crippen LogP contribution < -0.4 is 0 Å². The maximum atomic E-state index is 12.7. The quantitative estimate of drug-likeness (QED) is 0.487. The maximum Gasteiger partial charge on any atom is 0.453 e. The zero-order chi connectivity index (χ0) is 18.3. The number of nitrogens with zero attached hydrogens (tertiary/aromatic N) is 5. The summed E-state index contributed by atoms with van der Waals surface area (Å²) in [5, 5.41) is 10.0. The highest BCUT2D eigenvalue weighted by Crippen LogP contribution is 2.27. The summed E-state index contributed by atoms with van der Waals surface area (Å²) in [6.45, 7) is 1.35. The van der Waals surface area contributed by atoms with Crippen LogP contribution in [-0.2, 0) is 11.0 Å². The lowest BCUT2D eigenvalue weighted by atomic mass is 10.2. The topological polar surface area (TPSA) is 63.4 Å². The third kappa shape index (κ3) is 5.78. The molecule has 24 heavy (non-hydrogen) atoms. The van der Waals surface area contributed by atoms with Gasteiger partial charge in [0.25, 0.3) is 5.82 Å². The van der Waals surface area contributed by atoms with Crippen molar-refractivity contribution in [2.75, 3.05) is 14.1 Å². The first kappa shape index (κ1) is 19.3. The average molecular weight is 345 g/mol. The van der Waals surface area contributed by atoms with Gasteiger partial charge in [0.1, 0.15) is 5.82 Å². The van der Waals surface area contributed by atoms with Crippen molar-refractivity contribution in [1.82, 2.24) is 19.8 Å². The Morgan fingerprint density at radius 1 is 1.17 bits per heavy atom. The summed E-state index contributed by atoms with van der Waals surface area (Å²) in [6, 6.07) is 5.16. The van der Waals surface area contributed by atoms with Gasteiger partial charge in [-0.25, -0.2) is 4.39 Å². The van der Waals surface area contributed by atoms with Crippen molar-refractivity contribution < 1.29 is 22.4 Å². The molecule has 0 aliphatic carbocycles. The van der Waals surface area contributed by atoms with Crippen LogP contribution in [-0.4, -0.2) is 46.5 Å². The molecule has 0 fully saturated rings. The molecule has 0 spiro atoms. The third-order valence-corrected chi connectivity index (χ3v) is 2.45. The van der Waals surface area contributed by atoms with Crippen molar-refractivity contribution in [3.05, 3.63) is 47.3 Å². The highest BCUT2D eigenvalue weighted by atomic mass is 19.4. The van der Waals surface area contributed by atoms with Crippen molar-refractivity contribution in [1.29, 1.82) is 0 Å². The van der Waals surface area contributed by atoms with Gasteiger partial charge in [-0.05, 0) is 24.6 Å². The molecule has 2 aromatic rings. The number of hydrogen-bond acceptors (Lipinski definition) is 4. The van der Waals surface area contributed by atoms with Crippen LogP contribution >= 0.6 is 0 Å². The molecule has 0 bridgehead atoms. The molecule has 0 saturated carbocycles. The van der Waals surface area contributed by atoms with Gasteiger partial charge in [0.05, 0.1) is 6.21 Å². The predicted molar refractivity (Wildman–Crippen MR) is 78.9 cm³/mol. The van der Waals surface area contributed by atoms with E-state index in [-0.39, 0.29) is 5.82 Å². The summed E-state index contributed by atoms with van der Waals surface area (Å²) in [5.74, 6) is -1.64. The molecule has 0 radical (unpaired) electrons. The smallest absolute Gasteiger partial charge is 0.351 e. The Bertz CT molecular complexity index is 692. The molecule has 1 aromatic heterocycles. The predicted octanol–water partition coefficient (Wildman–Crippen LogP) is 2.33. The Kier molecular flexibility index (Phi) is 6.57. The Morgan fingerprint density at radius 3 is 2.17 bits per heavy atom. The molecule has 0 saturated heterocycles. The van der Waals surface area contributed by atoms with Gasteiger partial charge in [-0.3, -0.25) is 4.79 Å². The van der Waals surface area contributed by atoms with E-state index in [1.165, 1.54) is 42.3 Å². The zero-order valence-corrected chi connectivity index (χ0v) is 13.1. The van der Waals surface area contributed by atoms with Crippen LogP contribution in [0, 0.1) is 12.7 Å². The number of alkyl halides is 3. The minimum atomic E-state index is -4.64. The first-order chi connectivity index (χ1) is 11.1. The molecule has 0 aliphatic rings. The molecule has 2 rings (SSSR count). The first-order valence-electron chi connectivity index (χ1n) is 6.56. The van der Waals surface area contributed by atoms with E-state index >= 15 is 0 Å². The van der Waals surface area contributed by atoms with E-state index in [0.29, 0.717) is 10.2 Å². The lowest BCUT2D eigenvalue weighted by molar-refractivity contribution is -0.147. The molecule has 0 unspecified atom stereocenters. The van der Waals surface area contributed by atoms with E-state index < -0.39 is 17.8 Å². The second-order valence-electron chi connectivity index (χ2n) is 4.75. The highest BCUT2D eigenvalue weighted by Gasteiger charge is 2.38. The normalized spacial score (nSPS) is 11.1. The monoisotopic (exact) mass is 345 g/mol. The van der Waals surface area contributed by atoms with Gasteiger partial charge in [0, 0.05) is 14.1 Å². The van der Waals surface area contributed by atoms with Crippen LogP contribution in [0.1, 0.15) is 17.2 Å². The molecule has 0 aliphatic heterocycles. The van der Waals surface area contributed by atoms with Gasteiger partial charge in [-0.2, -0.15) is 22.9 Å². The molecule has 0 N–H and O–H groups in total. The second-order valence-corrected chi connectivity index (χ2v) is 4.75. The number of benzene rings is 1. The fourth-order valence-corrected chi connectivity index (χ4v) is 1.35. The number of aryl methyl sites for hydroxylation is 1. The van der Waals surface area contributed by atoms with Crippen LogP contribution in [0.3, 0.4) is 0 Å². The second kappa shape index (κ2) is 8.18. The molecule has 0 atom stereocenters. The summed E-state index contributed by atoms with van der Waals surface area (Å²) in [6.07, 6.45) is -2.72. The minimum absolute atomic E-state index is 0.00527. The van der Waals surface area contributed by atoms with E-state index in [4.69, 9.17) is 0 Å². The van der Waals surface area contributed by atoms with Crippen molar-refractivity contribution >= 4 is 12.6 Å². The number of amides is 1. The Morgan fingerprint density at radius 2 is 1.71 bits per heavy atom. The first-order valence-corrected chi connectivity index (χ1v) is 6.56. The highest BCUT2D eigenvalue weighted by molar-refractivity contribution is 5.79. The fraction of sp³-hybridized carbons (Fsp3) is 0.286. The van der Waals surface area contributed by atoms with Crippen LogP contribution in [0.5, 0.6) is 0 Å². The van der Waals surface area contributed by atoms with Gasteiger partial charge in [0.15, 0.2) is 5.82 Å². The standard InChI is InChI=1S/C11H8F4N4.C3H7NO/c1-7-17-18-10(11(13,14)15)19(7)16-6-8-2-4-9(12)5-3-8;1-4(2)3-5/h2-6H,1H3;3H,1-2H3/b16-6+;. The number of hydrogen-bond donors (Lipinski definition) is 0. The number of carbonyl (C=O) groups is 1. The largest absolute Gasteiger partial charge is 0.453 e. The van der Waals surface area contributed by atoms with Crippen molar-refractivity contribution in [3.8, 4) is 0 Å². The van der Waals surface area contributed by atoms with Crippen LogP contribution in [0.2, 0.25) is 0 Å². The van der Waals surface area contributed by atoms with E-state index in [9.17, 15) is 22.4 Å². The lowest BCUT2D eigenvalue weighted by Crippen LogP contribution is -2.13. The molecule has 1 aromatic carbocycles. The van der Waals surface area contributed by atoms with Gasteiger partial charge < -0.3 is 4.90 Å². The van der Waals surface area contributed by atoms with Gasteiger partial charge in [-0.1, -0.05) is 12.1 Å². The van der Waals surface area contributed by atoms with Gasteiger partial charge in [0.2, 0.25) is 6.41 Å². The van der Waals surface area contributed by atoms with Crippen LogP contribution in [0.4, 0.5) is 17.6 Å². The summed E-state index contributed by atoms with van der Waals surface area (Å²) in [7, 11) is 3.38. The van der Waals surface area contributed by atoms with E-state index in [0.717, 1.165) is 6.41 Å². The summed E-state index contributed by atoms with van der Waals surface area (Å²) >= 11 is 0. The van der Waals surface area contributed by atoms with Crippen LogP contribution in [0.15, 0.2) is 29.4 Å². The molecular formula is C14H15F4N5O. The zero-order valence-electron chi connectivity index (χ0n) is 13.1. The number of halogens is 4. The fourth-order valence-electron chi connectivity index (χ4n) is 1.35. The van der Waals surface area contributed by atoms with E-state index in [1.807, 2.05) is 0 Å². The van der Waals surface area contributed by atoms with Gasteiger partial charge in [-0.15, -0.1) is 10.2 Å². The molecule has 10 heteroatoms. The number of aromatic nitrogens is 3. The number of carbonyl (C=O) groups excluding carboxylic acids is 1. The third-order valence-electron chi connectivity index (χ3n) is 2.45. The number of rotatable bonds is 3. The molecule has 1 heterocycles. The Balaban J connectivity index is 0.000000505. The molecule has 6 nitrogen and oxygen atoms in total. The average Bonchev–Trinajstić information content (AvgIpc) is 2.88. The molecule has 1 amide bonds. The SMILES string of the molecule is CN(C)C=O.Cc1nnc(C(F)(F)F)n1/N=C/c1ccc(F)cc1. The lowest BCUT2D eigenvalue weighted by Gasteiger charge is -2.05. The van der Waals surface area contributed by atoms with E-state index in [1.54, 1.807) is 14.1 Å². The minimum Gasteiger partial charge on any atom is -0.351 e. The van der Waals surface area contributed by atoms with Crippen LogP contribution in [0.25, 0.3) is 0 Å². The van der Waals surface area contributed by atoms with Crippen molar-refractivity contribution in [2.24, 2.45) is 5.10 Å². The summed E-state index contributed by atoms with van der Waals surface area (Å²) in [5.41, 5.74) is 0.461. The Labute approximate surface area is 135 Å². The summed E-state index contributed by atoms with van der Waals surface area (Å²) in [4.78, 5) is 10.9. The summed E-state index contributed by atoms with van der Waals surface area (Å²) < 4.78 is 51.0. The van der Waals surface area contributed by atoms with Gasteiger partial charge >= 0.3 is 6.18 Å². The maximum absolute atomic E-state index is 12.7. The molecular weight excluding hydrogens is 330 g/mol. The van der Waals surface area contributed by atoms with Crippen molar-refractivity contribution in [2.45, 2.75) is 13.1 Å². The van der Waals surface area contributed by atoms with Crippen molar-refractivity contribution in [3.63, 3.8) is 0 Å². The molecule has 130 valence electrons. The Hall–Kier alpha value is -2.78. The van der Waals surface area contributed by atoms with E-state index in [2.05, 4.69) is 15.3 Å².